The van der Waals surface area contributed by atoms with Crippen molar-refractivity contribution >= 4 is 50.5 Å². The van der Waals surface area contributed by atoms with Gasteiger partial charge in [-0.2, -0.15) is 5.10 Å². The SMILES string of the molecule is CCOc1ccc(N(CC(=O)N/N=C(/C)c2cccc(NC(=O)c3cccc(Cl)c3)c2)S(C)(=O)=O)cc1. The van der Waals surface area contributed by atoms with E-state index in [2.05, 4.69) is 15.8 Å². The zero-order chi connectivity index (χ0) is 27.0. The molecule has 9 nitrogen and oxygen atoms in total. The third-order valence-corrected chi connectivity index (χ3v) is 6.47. The number of rotatable bonds is 10. The molecule has 0 unspecified atom stereocenters. The van der Waals surface area contributed by atoms with Crippen molar-refractivity contribution in [2.45, 2.75) is 13.8 Å². The van der Waals surface area contributed by atoms with E-state index < -0.39 is 22.5 Å². The van der Waals surface area contributed by atoms with Crippen molar-refractivity contribution in [2.24, 2.45) is 5.10 Å². The summed E-state index contributed by atoms with van der Waals surface area (Å²) in [4.78, 5) is 25.1. The van der Waals surface area contributed by atoms with Crippen LogP contribution >= 0.6 is 11.6 Å². The van der Waals surface area contributed by atoms with Crippen LogP contribution in [0.4, 0.5) is 11.4 Å². The molecule has 0 aromatic heterocycles. The van der Waals surface area contributed by atoms with Crippen molar-refractivity contribution < 1.29 is 22.7 Å². The van der Waals surface area contributed by atoms with Gasteiger partial charge in [-0.15, -0.1) is 0 Å². The Morgan fingerprint density at radius 3 is 2.32 bits per heavy atom. The number of carbonyl (C=O) groups excluding carboxylic acids is 2. The van der Waals surface area contributed by atoms with Crippen molar-refractivity contribution in [3.8, 4) is 5.75 Å². The largest absolute Gasteiger partial charge is 0.494 e. The molecule has 3 aromatic carbocycles. The van der Waals surface area contributed by atoms with Gasteiger partial charge in [-0.3, -0.25) is 13.9 Å². The van der Waals surface area contributed by atoms with E-state index in [1.54, 1.807) is 79.7 Å². The standard InChI is InChI=1S/C26H27ClN4O5S/c1-4-36-24-13-11-23(12-14-24)31(37(3,34)35)17-25(32)30-29-18(2)19-7-6-10-22(16-19)28-26(33)20-8-5-9-21(27)15-20/h5-16H,4,17H2,1-3H3,(H,28,33)(H,30,32)/b29-18-. The molecule has 0 aliphatic heterocycles. The molecular weight excluding hydrogens is 516 g/mol. The summed E-state index contributed by atoms with van der Waals surface area (Å²) in [6.07, 6.45) is 1.02. The first kappa shape index (κ1) is 27.7. The first-order valence-corrected chi connectivity index (χ1v) is 13.5. The molecule has 0 saturated heterocycles. The van der Waals surface area contributed by atoms with Crippen molar-refractivity contribution in [3.63, 3.8) is 0 Å². The van der Waals surface area contributed by atoms with Crippen molar-refractivity contribution in [1.29, 1.82) is 0 Å². The molecule has 37 heavy (non-hydrogen) atoms. The summed E-state index contributed by atoms with van der Waals surface area (Å²) >= 11 is 5.96. The molecule has 194 valence electrons. The average Bonchev–Trinajstić information content (AvgIpc) is 2.86. The van der Waals surface area contributed by atoms with Gasteiger partial charge in [0.25, 0.3) is 11.8 Å². The van der Waals surface area contributed by atoms with E-state index in [1.165, 1.54) is 0 Å². The molecule has 11 heteroatoms. The lowest BCUT2D eigenvalue weighted by molar-refractivity contribution is -0.119. The van der Waals surface area contributed by atoms with Crippen LogP contribution in [0.5, 0.6) is 5.75 Å². The molecule has 0 spiro atoms. The summed E-state index contributed by atoms with van der Waals surface area (Å²) in [6.45, 7) is 3.54. The molecule has 3 rings (SSSR count). The molecule has 0 radical (unpaired) electrons. The Balaban J connectivity index is 1.67. The van der Waals surface area contributed by atoms with Gasteiger partial charge in [0.1, 0.15) is 12.3 Å². The van der Waals surface area contributed by atoms with E-state index in [-0.39, 0.29) is 5.91 Å². The fraction of sp³-hybridized carbons (Fsp3) is 0.192. The number of anilines is 2. The number of amides is 2. The van der Waals surface area contributed by atoms with Gasteiger partial charge < -0.3 is 10.1 Å². The Labute approximate surface area is 221 Å². The maximum Gasteiger partial charge on any atom is 0.260 e. The lowest BCUT2D eigenvalue weighted by Gasteiger charge is -2.21. The lowest BCUT2D eigenvalue weighted by Crippen LogP contribution is -2.39. The summed E-state index contributed by atoms with van der Waals surface area (Å²) in [7, 11) is -3.74. The molecule has 0 heterocycles. The number of hydrogen-bond acceptors (Lipinski definition) is 6. The van der Waals surface area contributed by atoms with E-state index in [1.807, 2.05) is 6.92 Å². The van der Waals surface area contributed by atoms with Crippen LogP contribution in [0.2, 0.25) is 5.02 Å². The second kappa shape index (κ2) is 12.4. The van der Waals surface area contributed by atoms with Crippen molar-refractivity contribution in [2.75, 3.05) is 29.0 Å². The van der Waals surface area contributed by atoms with Crippen LogP contribution in [-0.2, 0) is 14.8 Å². The van der Waals surface area contributed by atoms with Crippen molar-refractivity contribution in [1.82, 2.24) is 5.43 Å². The molecule has 0 saturated carbocycles. The molecule has 0 aliphatic carbocycles. The third-order valence-electron chi connectivity index (χ3n) is 5.10. The third kappa shape index (κ3) is 8.06. The lowest BCUT2D eigenvalue weighted by atomic mass is 10.1. The Hall–Kier alpha value is -3.89. The fourth-order valence-electron chi connectivity index (χ4n) is 3.31. The molecule has 2 N–H and O–H groups in total. The zero-order valence-corrected chi connectivity index (χ0v) is 22.1. The van der Waals surface area contributed by atoms with E-state index in [0.29, 0.717) is 45.6 Å². The summed E-state index contributed by atoms with van der Waals surface area (Å²) < 4.78 is 31.0. The number of hydrogen-bond donors (Lipinski definition) is 2. The predicted octanol–water partition coefficient (Wildman–Crippen LogP) is 4.30. The van der Waals surface area contributed by atoms with E-state index >= 15 is 0 Å². The van der Waals surface area contributed by atoms with Gasteiger partial charge in [-0.1, -0.05) is 29.8 Å². The highest BCUT2D eigenvalue weighted by Crippen LogP contribution is 2.21. The monoisotopic (exact) mass is 542 g/mol. The van der Waals surface area contributed by atoms with E-state index in [9.17, 15) is 18.0 Å². The van der Waals surface area contributed by atoms with Crippen LogP contribution in [0, 0.1) is 0 Å². The summed E-state index contributed by atoms with van der Waals surface area (Å²) in [5, 5.41) is 7.35. The normalized spacial score (nSPS) is 11.5. The molecule has 3 aromatic rings. The van der Waals surface area contributed by atoms with Gasteiger partial charge in [0.15, 0.2) is 0 Å². The Morgan fingerprint density at radius 2 is 1.68 bits per heavy atom. The Bertz CT molecular complexity index is 1410. The number of nitrogens with zero attached hydrogens (tertiary/aromatic N) is 2. The number of ether oxygens (including phenoxy) is 1. The van der Waals surface area contributed by atoms with Gasteiger partial charge in [0.2, 0.25) is 10.0 Å². The molecule has 0 bridgehead atoms. The minimum absolute atomic E-state index is 0.322. The second-order valence-electron chi connectivity index (χ2n) is 7.97. The van der Waals surface area contributed by atoms with Gasteiger partial charge in [-0.05, 0) is 74.0 Å². The smallest absolute Gasteiger partial charge is 0.260 e. The van der Waals surface area contributed by atoms with Crippen LogP contribution < -0.4 is 19.8 Å². The maximum absolute atomic E-state index is 12.6. The van der Waals surface area contributed by atoms with Crippen LogP contribution in [0.1, 0.15) is 29.8 Å². The van der Waals surface area contributed by atoms with Gasteiger partial charge in [0, 0.05) is 16.3 Å². The fourth-order valence-corrected chi connectivity index (χ4v) is 4.35. The number of halogens is 1. The topological polar surface area (TPSA) is 117 Å². The minimum atomic E-state index is -3.74. The first-order chi connectivity index (χ1) is 17.6. The highest BCUT2D eigenvalue weighted by molar-refractivity contribution is 7.92. The van der Waals surface area contributed by atoms with Crippen LogP contribution in [0.25, 0.3) is 0 Å². The summed E-state index contributed by atoms with van der Waals surface area (Å²) in [5.41, 5.74) is 4.77. The van der Waals surface area contributed by atoms with Gasteiger partial charge in [-0.25, -0.2) is 13.8 Å². The van der Waals surface area contributed by atoms with Crippen LogP contribution in [0.15, 0.2) is 77.9 Å². The van der Waals surface area contributed by atoms with E-state index in [0.717, 1.165) is 10.6 Å². The highest BCUT2D eigenvalue weighted by Gasteiger charge is 2.21. The molecule has 0 aliphatic rings. The maximum atomic E-state index is 12.6. The van der Waals surface area contributed by atoms with Crippen molar-refractivity contribution in [3.05, 3.63) is 88.9 Å². The number of carbonyl (C=O) groups is 2. The Morgan fingerprint density at radius 1 is 1.00 bits per heavy atom. The number of benzene rings is 3. The van der Waals surface area contributed by atoms with Crippen LogP contribution in [0.3, 0.4) is 0 Å². The summed E-state index contributed by atoms with van der Waals surface area (Å²) in [6, 6.07) is 19.9. The number of nitrogens with one attached hydrogen (secondary N) is 2. The van der Waals surface area contributed by atoms with Gasteiger partial charge >= 0.3 is 0 Å². The zero-order valence-electron chi connectivity index (χ0n) is 20.6. The van der Waals surface area contributed by atoms with E-state index in [4.69, 9.17) is 16.3 Å². The molecular formula is C26H27ClN4O5S. The summed E-state index contributed by atoms with van der Waals surface area (Å²) in [5.74, 6) is -0.350. The van der Waals surface area contributed by atoms with Crippen LogP contribution in [-0.4, -0.2) is 45.4 Å². The minimum Gasteiger partial charge on any atom is -0.494 e. The van der Waals surface area contributed by atoms with Gasteiger partial charge in [0.05, 0.1) is 24.3 Å². The average molecular weight is 543 g/mol. The highest BCUT2D eigenvalue weighted by atomic mass is 35.5. The molecule has 0 fully saturated rings. The second-order valence-corrected chi connectivity index (χ2v) is 10.3. The predicted molar refractivity (Wildman–Crippen MR) is 146 cm³/mol. The molecule has 2 amide bonds. The number of hydrazone groups is 1. The molecule has 0 atom stereocenters. The number of sulfonamides is 1. The first-order valence-electron chi connectivity index (χ1n) is 11.3. The Kier molecular flexibility index (Phi) is 9.26. The quantitative estimate of drug-likeness (QED) is 0.292.